The first-order valence-electron chi connectivity index (χ1n) is 7.33. The zero-order valence-electron chi connectivity index (χ0n) is 13.1. The second-order valence-corrected chi connectivity index (χ2v) is 7.55. The average Bonchev–Trinajstić information content (AvgIpc) is 2.57. The average molecular weight is 399 g/mol. The highest BCUT2D eigenvalue weighted by Crippen LogP contribution is 2.24. The van der Waals surface area contributed by atoms with E-state index < -0.39 is 10.0 Å². The van der Waals surface area contributed by atoms with Gasteiger partial charge >= 0.3 is 0 Å². The molecular weight excluding hydrogens is 383 g/mol. The van der Waals surface area contributed by atoms with Crippen LogP contribution in [0.15, 0.2) is 53.9 Å². The lowest BCUT2D eigenvalue weighted by Crippen LogP contribution is -2.26. The van der Waals surface area contributed by atoms with Crippen molar-refractivity contribution in [3.63, 3.8) is 0 Å². The first-order valence-corrected chi connectivity index (χ1v) is 9.64. The van der Waals surface area contributed by atoms with E-state index in [4.69, 9.17) is 23.2 Å². The van der Waals surface area contributed by atoms with Crippen molar-refractivity contribution >= 4 is 50.9 Å². The molecule has 0 atom stereocenters. The van der Waals surface area contributed by atoms with Gasteiger partial charge in [0, 0.05) is 24.1 Å². The minimum atomic E-state index is -3.61. The molecule has 0 aliphatic rings. The molecule has 0 radical (unpaired) electrons. The number of hydrogen-bond donors (Lipinski definition) is 2. The molecule has 0 unspecified atom stereocenters. The molecule has 132 valence electrons. The third-order valence-corrected chi connectivity index (χ3v) is 4.94. The highest BCUT2D eigenvalue weighted by molar-refractivity contribution is 7.92. The zero-order valence-corrected chi connectivity index (χ0v) is 15.4. The van der Waals surface area contributed by atoms with Crippen LogP contribution in [0.1, 0.15) is 12.0 Å². The molecule has 2 N–H and O–H groups in total. The summed E-state index contributed by atoms with van der Waals surface area (Å²) in [6.07, 6.45) is 1.47. The van der Waals surface area contributed by atoms with Crippen molar-refractivity contribution in [1.82, 2.24) is 4.72 Å². The minimum absolute atomic E-state index is 0.0152. The number of sulfonamides is 1. The molecule has 2 aromatic rings. The van der Waals surface area contributed by atoms with Crippen LogP contribution in [0.5, 0.6) is 0 Å². The molecule has 25 heavy (non-hydrogen) atoms. The lowest BCUT2D eigenvalue weighted by molar-refractivity contribution is -0.116. The van der Waals surface area contributed by atoms with E-state index in [2.05, 4.69) is 10.0 Å². The van der Waals surface area contributed by atoms with Gasteiger partial charge in [0.25, 0.3) is 0 Å². The van der Waals surface area contributed by atoms with Crippen LogP contribution in [0.4, 0.5) is 5.69 Å². The number of carbonyl (C=O) groups is 1. The molecule has 0 aliphatic carbocycles. The summed E-state index contributed by atoms with van der Waals surface area (Å²) < 4.78 is 26.1. The molecule has 0 heterocycles. The fourth-order valence-electron chi connectivity index (χ4n) is 1.88. The maximum absolute atomic E-state index is 11.9. The van der Waals surface area contributed by atoms with E-state index in [0.29, 0.717) is 15.7 Å². The van der Waals surface area contributed by atoms with Crippen molar-refractivity contribution in [3.05, 3.63) is 69.5 Å². The maximum atomic E-state index is 11.9. The summed E-state index contributed by atoms with van der Waals surface area (Å²) in [5, 5.41) is 4.40. The Kier molecular flexibility index (Phi) is 7.01. The number of halogens is 2. The lowest BCUT2D eigenvalue weighted by Gasteiger charge is -2.07. The summed E-state index contributed by atoms with van der Waals surface area (Å²) in [7, 11) is -3.61. The van der Waals surface area contributed by atoms with Gasteiger partial charge in [-0.25, -0.2) is 13.1 Å². The zero-order chi connectivity index (χ0) is 18.3. The fourth-order valence-corrected chi connectivity index (χ4v) is 3.00. The van der Waals surface area contributed by atoms with Crippen LogP contribution < -0.4 is 10.0 Å². The molecule has 2 rings (SSSR count). The summed E-state index contributed by atoms with van der Waals surface area (Å²) in [5.74, 6) is -0.340. The molecule has 0 saturated heterocycles. The second kappa shape index (κ2) is 9.01. The SMILES string of the molecule is O=C(CCNS(=O)(=O)C=Cc1ccccc1)Nc1ccc(Cl)c(Cl)c1. The lowest BCUT2D eigenvalue weighted by atomic mass is 10.2. The van der Waals surface area contributed by atoms with E-state index in [-0.39, 0.29) is 18.9 Å². The molecular formula is C17H16Cl2N2O3S. The van der Waals surface area contributed by atoms with E-state index in [1.165, 1.54) is 12.1 Å². The molecule has 8 heteroatoms. The molecule has 0 spiro atoms. The maximum Gasteiger partial charge on any atom is 0.233 e. The Labute approximate surface area is 156 Å². The minimum Gasteiger partial charge on any atom is -0.326 e. The van der Waals surface area contributed by atoms with Gasteiger partial charge in [-0.1, -0.05) is 53.5 Å². The summed E-state index contributed by atoms with van der Waals surface area (Å²) in [6, 6.07) is 13.7. The van der Waals surface area contributed by atoms with Crippen molar-refractivity contribution in [2.45, 2.75) is 6.42 Å². The Morgan fingerprint density at radius 2 is 1.76 bits per heavy atom. The van der Waals surface area contributed by atoms with Crippen molar-refractivity contribution in [2.75, 3.05) is 11.9 Å². The number of rotatable bonds is 7. The van der Waals surface area contributed by atoms with Gasteiger partial charge in [-0.05, 0) is 29.8 Å². The standard InChI is InChI=1S/C17H16Cl2N2O3S/c18-15-7-6-14(12-16(15)19)21-17(22)8-10-20-25(23,24)11-9-13-4-2-1-3-5-13/h1-7,9,11-12,20H,8,10H2,(H,21,22). The first kappa shape index (κ1) is 19.5. The number of hydrogen-bond acceptors (Lipinski definition) is 3. The van der Waals surface area contributed by atoms with Gasteiger partial charge in [0.1, 0.15) is 0 Å². The van der Waals surface area contributed by atoms with Crippen LogP contribution in [0, 0.1) is 0 Å². The highest BCUT2D eigenvalue weighted by atomic mass is 35.5. The van der Waals surface area contributed by atoms with E-state index in [0.717, 1.165) is 11.0 Å². The van der Waals surface area contributed by atoms with Gasteiger partial charge in [-0.15, -0.1) is 0 Å². The molecule has 0 saturated carbocycles. The van der Waals surface area contributed by atoms with Gasteiger partial charge in [0.2, 0.25) is 15.9 Å². The van der Waals surface area contributed by atoms with Crippen molar-refractivity contribution in [1.29, 1.82) is 0 Å². The van der Waals surface area contributed by atoms with E-state index in [9.17, 15) is 13.2 Å². The normalized spacial score (nSPS) is 11.6. The van der Waals surface area contributed by atoms with Crippen LogP contribution in [-0.2, 0) is 14.8 Å². The third-order valence-electron chi connectivity index (χ3n) is 3.10. The van der Waals surface area contributed by atoms with Crippen LogP contribution in [0.2, 0.25) is 10.0 Å². The fraction of sp³-hybridized carbons (Fsp3) is 0.118. The number of carbonyl (C=O) groups excluding carboxylic acids is 1. The largest absolute Gasteiger partial charge is 0.326 e. The molecule has 0 aliphatic heterocycles. The molecule has 2 aromatic carbocycles. The van der Waals surface area contributed by atoms with Crippen LogP contribution in [0.25, 0.3) is 6.08 Å². The topological polar surface area (TPSA) is 75.3 Å². The van der Waals surface area contributed by atoms with Gasteiger partial charge in [-0.2, -0.15) is 0 Å². The summed E-state index contributed by atoms with van der Waals surface area (Å²) in [6.45, 7) is -0.0192. The van der Waals surface area contributed by atoms with Gasteiger partial charge in [0.05, 0.1) is 10.0 Å². The Bertz CT molecular complexity index is 869. The first-order chi connectivity index (χ1) is 11.9. The van der Waals surface area contributed by atoms with E-state index in [1.807, 2.05) is 18.2 Å². The predicted octanol–water partition coefficient (Wildman–Crippen LogP) is 3.91. The molecule has 1 amide bonds. The quantitative estimate of drug-likeness (QED) is 0.741. The summed E-state index contributed by atoms with van der Waals surface area (Å²) >= 11 is 11.7. The molecule has 5 nitrogen and oxygen atoms in total. The Hall–Kier alpha value is -1.86. The highest BCUT2D eigenvalue weighted by Gasteiger charge is 2.08. The van der Waals surface area contributed by atoms with Crippen molar-refractivity contribution < 1.29 is 13.2 Å². The monoisotopic (exact) mass is 398 g/mol. The van der Waals surface area contributed by atoms with Crippen LogP contribution in [0.3, 0.4) is 0 Å². The number of benzene rings is 2. The number of amides is 1. The van der Waals surface area contributed by atoms with E-state index in [1.54, 1.807) is 24.3 Å². The molecule has 0 aromatic heterocycles. The van der Waals surface area contributed by atoms with E-state index >= 15 is 0 Å². The van der Waals surface area contributed by atoms with Gasteiger partial charge in [-0.3, -0.25) is 4.79 Å². The van der Waals surface area contributed by atoms with Crippen LogP contribution in [-0.4, -0.2) is 20.9 Å². The Balaban J connectivity index is 1.81. The van der Waals surface area contributed by atoms with Gasteiger partial charge in [0.15, 0.2) is 0 Å². The van der Waals surface area contributed by atoms with Gasteiger partial charge < -0.3 is 5.32 Å². The van der Waals surface area contributed by atoms with Crippen molar-refractivity contribution in [2.24, 2.45) is 0 Å². The number of anilines is 1. The molecule has 0 bridgehead atoms. The van der Waals surface area contributed by atoms with Crippen LogP contribution >= 0.6 is 23.2 Å². The summed E-state index contributed by atoms with van der Waals surface area (Å²) in [5.41, 5.74) is 1.26. The predicted molar refractivity (Wildman–Crippen MR) is 102 cm³/mol. The smallest absolute Gasteiger partial charge is 0.233 e. The Morgan fingerprint density at radius 3 is 2.44 bits per heavy atom. The third kappa shape index (κ3) is 6.88. The van der Waals surface area contributed by atoms with Crippen molar-refractivity contribution in [3.8, 4) is 0 Å². The Morgan fingerprint density at radius 1 is 1.04 bits per heavy atom. The number of nitrogens with one attached hydrogen (secondary N) is 2. The molecule has 0 fully saturated rings. The second-order valence-electron chi connectivity index (χ2n) is 5.08. The summed E-state index contributed by atoms with van der Waals surface area (Å²) in [4.78, 5) is 11.8.